The molecule has 7 heteroatoms. The average Bonchev–Trinajstić information content (AvgIpc) is 2.88. The highest BCUT2D eigenvalue weighted by atomic mass is 16.7. The molecule has 6 nitrogen and oxygen atoms in total. The van der Waals surface area contributed by atoms with Gasteiger partial charge in [-0.25, -0.2) is 0 Å². The van der Waals surface area contributed by atoms with E-state index in [0.29, 0.717) is 11.9 Å². The quantitative estimate of drug-likeness (QED) is 0.297. The van der Waals surface area contributed by atoms with E-state index in [-0.39, 0.29) is 11.2 Å². The van der Waals surface area contributed by atoms with Crippen molar-refractivity contribution in [1.82, 2.24) is 10.6 Å². The van der Waals surface area contributed by atoms with E-state index in [9.17, 15) is 4.79 Å². The van der Waals surface area contributed by atoms with E-state index in [0.717, 1.165) is 18.3 Å². The van der Waals surface area contributed by atoms with Gasteiger partial charge in [-0.1, -0.05) is 25.5 Å². The molecule has 0 aromatic rings. The largest absolute Gasteiger partial charge is 0.496 e. The molecule has 1 aliphatic rings. The second-order valence-corrected chi connectivity index (χ2v) is 8.21. The van der Waals surface area contributed by atoms with Crippen molar-refractivity contribution in [2.24, 2.45) is 0 Å². The van der Waals surface area contributed by atoms with Crippen LogP contribution < -0.4 is 10.6 Å². The van der Waals surface area contributed by atoms with Crippen LogP contribution >= 0.6 is 0 Å². The van der Waals surface area contributed by atoms with Crippen molar-refractivity contribution in [2.45, 2.75) is 85.0 Å². The Morgan fingerprint density at radius 3 is 1.79 bits per heavy atom. The molecule has 0 bridgehead atoms. The summed E-state index contributed by atoms with van der Waals surface area (Å²) in [6.45, 7) is 24.5. The zero-order valence-corrected chi connectivity index (χ0v) is 20.1. The van der Waals surface area contributed by atoms with E-state index in [1.165, 1.54) is 0 Å². The topological polar surface area (TPSA) is 76.7 Å². The van der Waals surface area contributed by atoms with Crippen LogP contribution in [0.2, 0.25) is 0 Å². The Morgan fingerprint density at radius 1 is 1.07 bits per heavy atom. The zero-order chi connectivity index (χ0) is 23.7. The lowest BCUT2D eigenvalue weighted by Gasteiger charge is -2.32. The number of nitrogens with one attached hydrogen (secondary N) is 2. The van der Waals surface area contributed by atoms with Gasteiger partial charge in [0.15, 0.2) is 0 Å². The van der Waals surface area contributed by atoms with Crippen molar-refractivity contribution >= 4 is 20.3 Å². The molecule has 0 unspecified atom stereocenters. The summed E-state index contributed by atoms with van der Waals surface area (Å²) in [6, 6.07) is 0. The Kier molecular flexibility index (Phi) is 17.8. The minimum Gasteiger partial charge on any atom is -0.399 e. The first-order valence-electron chi connectivity index (χ1n) is 9.80. The Balaban J connectivity index is -0.000000570. The van der Waals surface area contributed by atoms with Gasteiger partial charge in [0.05, 0.1) is 11.2 Å². The first-order chi connectivity index (χ1) is 13.4. The van der Waals surface area contributed by atoms with Crippen LogP contribution in [0.15, 0.2) is 37.0 Å². The van der Waals surface area contributed by atoms with Gasteiger partial charge in [0, 0.05) is 11.7 Å². The lowest BCUT2D eigenvalue weighted by Crippen LogP contribution is -2.41. The van der Waals surface area contributed by atoms with E-state index in [2.05, 4.69) is 57.6 Å². The monoisotopic (exact) mass is 410 g/mol. The number of unbranched alkanes of at least 4 members (excludes halogenated alkanes) is 1. The third-order valence-corrected chi connectivity index (χ3v) is 4.36. The lowest BCUT2D eigenvalue weighted by atomic mass is 9.78. The lowest BCUT2D eigenvalue weighted by molar-refractivity contribution is -0.108. The Labute approximate surface area is 179 Å². The van der Waals surface area contributed by atoms with Crippen molar-refractivity contribution in [3.05, 3.63) is 37.0 Å². The summed E-state index contributed by atoms with van der Waals surface area (Å²) in [4.78, 5) is 18.4. The number of hydrogen-bond acceptors (Lipinski definition) is 5. The minimum absolute atomic E-state index is 0.292. The molecular weight excluding hydrogens is 367 g/mol. The van der Waals surface area contributed by atoms with Gasteiger partial charge in [-0.2, -0.15) is 0 Å². The molecule has 1 saturated heterocycles. The molecule has 2 N–H and O–H groups in total. The van der Waals surface area contributed by atoms with Gasteiger partial charge in [0.1, 0.15) is 6.79 Å². The summed E-state index contributed by atoms with van der Waals surface area (Å²) >= 11 is 0. The molecule has 1 aliphatic heterocycles. The Morgan fingerprint density at radius 2 is 1.48 bits per heavy atom. The van der Waals surface area contributed by atoms with Crippen molar-refractivity contribution in [1.29, 1.82) is 0 Å². The van der Waals surface area contributed by atoms with Crippen molar-refractivity contribution in [3.63, 3.8) is 0 Å². The molecule has 0 aliphatic carbocycles. The van der Waals surface area contributed by atoms with Crippen molar-refractivity contribution in [2.75, 3.05) is 7.05 Å². The summed E-state index contributed by atoms with van der Waals surface area (Å²) in [5, 5.41) is 5.66. The number of rotatable bonds is 6. The molecule has 0 spiro atoms. The summed E-state index contributed by atoms with van der Waals surface area (Å²) in [7, 11) is 1.51. The number of carbonyl (C=O) groups excluding carboxylic acids is 2. The van der Waals surface area contributed by atoms with Crippen LogP contribution in [0, 0.1) is 0 Å². The van der Waals surface area contributed by atoms with E-state index in [1.54, 1.807) is 6.20 Å². The molecule has 1 amide bonds. The van der Waals surface area contributed by atoms with E-state index >= 15 is 0 Å². The maximum absolute atomic E-state index is 10.4. The van der Waals surface area contributed by atoms with Crippen LogP contribution in [0.3, 0.4) is 0 Å². The highest BCUT2D eigenvalue weighted by Crippen LogP contribution is 2.38. The first kappa shape index (κ1) is 32.0. The van der Waals surface area contributed by atoms with E-state index in [4.69, 9.17) is 14.1 Å². The zero-order valence-electron chi connectivity index (χ0n) is 20.1. The van der Waals surface area contributed by atoms with Crippen LogP contribution in [0.25, 0.3) is 0 Å². The van der Waals surface area contributed by atoms with E-state index < -0.39 is 7.12 Å². The van der Waals surface area contributed by atoms with E-state index in [1.807, 2.05) is 47.6 Å². The molecule has 0 aromatic heterocycles. The predicted molar refractivity (Wildman–Crippen MR) is 125 cm³/mol. The fourth-order valence-electron chi connectivity index (χ4n) is 1.69. The summed E-state index contributed by atoms with van der Waals surface area (Å²) in [6.07, 6.45) is 8.33. The molecule has 1 heterocycles. The van der Waals surface area contributed by atoms with Crippen molar-refractivity contribution < 1.29 is 18.9 Å². The molecule has 0 aromatic carbocycles. The Hall–Kier alpha value is -1.70. The predicted octanol–water partition coefficient (Wildman–Crippen LogP) is 4.23. The highest BCUT2D eigenvalue weighted by molar-refractivity contribution is 6.55. The van der Waals surface area contributed by atoms with Gasteiger partial charge < -0.3 is 24.7 Å². The summed E-state index contributed by atoms with van der Waals surface area (Å²) in [5.41, 5.74) is 0.353. The third kappa shape index (κ3) is 14.0. The van der Waals surface area contributed by atoms with Crippen LogP contribution in [0.5, 0.6) is 0 Å². The third-order valence-electron chi connectivity index (χ3n) is 4.36. The van der Waals surface area contributed by atoms with Crippen molar-refractivity contribution in [3.8, 4) is 0 Å². The highest BCUT2D eigenvalue weighted by Gasteiger charge is 2.52. The molecule has 29 heavy (non-hydrogen) atoms. The molecule has 0 saturated carbocycles. The fraction of sp³-hybridized carbons (Fsp3) is 0.636. The molecule has 0 atom stereocenters. The van der Waals surface area contributed by atoms with Gasteiger partial charge in [-0.05, 0) is 67.4 Å². The van der Waals surface area contributed by atoms with Gasteiger partial charge in [-0.15, -0.1) is 13.2 Å². The van der Waals surface area contributed by atoms with Crippen LogP contribution in [-0.2, 0) is 18.9 Å². The summed E-state index contributed by atoms with van der Waals surface area (Å²) in [5.74, 6) is 0. The van der Waals surface area contributed by atoms with Gasteiger partial charge in [-0.3, -0.25) is 4.79 Å². The van der Waals surface area contributed by atoms with Gasteiger partial charge in [0.2, 0.25) is 6.41 Å². The number of allylic oxidation sites excluding steroid dienone is 3. The maximum atomic E-state index is 10.4. The minimum atomic E-state index is -0.453. The van der Waals surface area contributed by atoms with Gasteiger partial charge >= 0.3 is 7.12 Å². The standard InChI is InChI=1S/C14H24BNO3.C5H13N.C2H4.CH2O/c1-6-7-8-9-12(10-16-11-17)15-18-13(2,3)14(4,5)19-15;1-5(2,3)6-4;2*1-2/h8-11H,6-7H2,1-5H3,(H,16,17);6H,1-4H3;1-2H2;1H2/b9-8-,12-10+;;;. The number of amides is 1. The Bertz CT molecular complexity index is 480. The number of hydrogen-bond donors (Lipinski definition) is 2. The van der Waals surface area contributed by atoms with Crippen LogP contribution in [-0.4, -0.2) is 44.1 Å². The molecular formula is C22H43BN2O4. The van der Waals surface area contributed by atoms with Crippen LogP contribution in [0.1, 0.15) is 68.2 Å². The normalized spacial score (nSPS) is 17.1. The first-order valence-corrected chi connectivity index (χ1v) is 9.80. The number of carbonyl (C=O) groups is 2. The molecule has 0 radical (unpaired) electrons. The molecule has 1 fully saturated rings. The molecule has 168 valence electrons. The summed E-state index contributed by atoms with van der Waals surface area (Å²) < 4.78 is 11.9. The smallest absolute Gasteiger partial charge is 0.399 e. The fourth-order valence-corrected chi connectivity index (χ4v) is 1.69. The van der Waals surface area contributed by atoms with Gasteiger partial charge in [0.25, 0.3) is 0 Å². The SMILES string of the molecule is C=C.C=O.CCC/C=C\C(=C/NC=O)B1OC(C)(C)C(C)(C)O1.CNC(C)(C)C. The average molecular weight is 410 g/mol. The second-order valence-electron chi connectivity index (χ2n) is 8.21. The maximum Gasteiger partial charge on any atom is 0.496 e. The van der Waals surface area contributed by atoms with Crippen LogP contribution in [0.4, 0.5) is 0 Å². The molecule has 1 rings (SSSR count). The second kappa shape index (κ2) is 16.1.